The summed E-state index contributed by atoms with van der Waals surface area (Å²) < 4.78 is 0. The Balaban J connectivity index is 2.88. The maximum atomic E-state index is 10.0. The highest BCUT2D eigenvalue weighted by molar-refractivity contribution is 5.52. The molecule has 64 valence electrons. The molecule has 0 bridgehead atoms. The van der Waals surface area contributed by atoms with Crippen LogP contribution in [-0.2, 0) is 11.2 Å². The largest absolute Gasteiger partial charge is 0.508 e. The van der Waals surface area contributed by atoms with Crippen LogP contribution in [0, 0.1) is 0 Å². The standard InChI is InChI=1S/C9H10O3/c10-6-2-3-7-8(11)4-1-5-9(7)12/h1,4-6,11-12H,2-3H2. The van der Waals surface area contributed by atoms with E-state index in [4.69, 9.17) is 0 Å². The molecular weight excluding hydrogens is 156 g/mol. The van der Waals surface area contributed by atoms with E-state index in [1.165, 1.54) is 12.1 Å². The van der Waals surface area contributed by atoms with E-state index in [0.29, 0.717) is 18.4 Å². The molecule has 0 aliphatic heterocycles. The van der Waals surface area contributed by atoms with Gasteiger partial charge in [0.2, 0.25) is 0 Å². The molecule has 0 heterocycles. The van der Waals surface area contributed by atoms with Crippen molar-refractivity contribution in [1.82, 2.24) is 0 Å². The molecule has 0 aromatic heterocycles. The van der Waals surface area contributed by atoms with Gasteiger partial charge in [-0.25, -0.2) is 0 Å². The van der Waals surface area contributed by atoms with E-state index in [9.17, 15) is 15.0 Å². The van der Waals surface area contributed by atoms with Crippen LogP contribution in [0.25, 0.3) is 0 Å². The van der Waals surface area contributed by atoms with Gasteiger partial charge in [0.1, 0.15) is 17.8 Å². The molecule has 0 amide bonds. The van der Waals surface area contributed by atoms with E-state index < -0.39 is 0 Å². The van der Waals surface area contributed by atoms with Crippen LogP contribution < -0.4 is 0 Å². The van der Waals surface area contributed by atoms with Crippen molar-refractivity contribution in [1.29, 1.82) is 0 Å². The summed E-state index contributed by atoms with van der Waals surface area (Å²) in [5, 5.41) is 18.5. The number of aromatic hydroxyl groups is 2. The maximum absolute atomic E-state index is 10.0. The highest BCUT2D eigenvalue weighted by Gasteiger charge is 2.04. The number of carbonyl (C=O) groups is 1. The van der Waals surface area contributed by atoms with Crippen molar-refractivity contribution >= 4 is 6.29 Å². The van der Waals surface area contributed by atoms with Gasteiger partial charge in [-0.1, -0.05) is 6.07 Å². The van der Waals surface area contributed by atoms with Gasteiger partial charge in [0.15, 0.2) is 0 Å². The summed E-state index contributed by atoms with van der Waals surface area (Å²) in [6.07, 6.45) is 1.44. The van der Waals surface area contributed by atoms with Crippen LogP contribution in [0.2, 0.25) is 0 Å². The van der Waals surface area contributed by atoms with Crippen molar-refractivity contribution in [2.45, 2.75) is 12.8 Å². The normalized spacial score (nSPS) is 9.67. The number of hydrogen-bond acceptors (Lipinski definition) is 3. The highest BCUT2D eigenvalue weighted by Crippen LogP contribution is 2.26. The van der Waals surface area contributed by atoms with Gasteiger partial charge in [-0.2, -0.15) is 0 Å². The molecule has 3 heteroatoms. The molecule has 0 aliphatic rings. The van der Waals surface area contributed by atoms with E-state index in [1.807, 2.05) is 0 Å². The molecular formula is C9H10O3. The third kappa shape index (κ3) is 1.75. The van der Waals surface area contributed by atoms with E-state index in [2.05, 4.69) is 0 Å². The Morgan fingerprint density at radius 2 is 1.83 bits per heavy atom. The molecule has 1 aromatic rings. The van der Waals surface area contributed by atoms with Gasteiger partial charge >= 0.3 is 0 Å². The van der Waals surface area contributed by atoms with Gasteiger partial charge < -0.3 is 15.0 Å². The molecule has 0 aliphatic carbocycles. The van der Waals surface area contributed by atoms with Crippen molar-refractivity contribution in [3.8, 4) is 11.5 Å². The SMILES string of the molecule is O=CCCc1c(O)cccc1O. The van der Waals surface area contributed by atoms with Crippen LogP contribution in [0.5, 0.6) is 11.5 Å². The van der Waals surface area contributed by atoms with Crippen LogP contribution in [0.3, 0.4) is 0 Å². The summed E-state index contributed by atoms with van der Waals surface area (Å²) in [6, 6.07) is 4.52. The molecule has 1 rings (SSSR count). The molecule has 1 aromatic carbocycles. The number of benzene rings is 1. The zero-order chi connectivity index (χ0) is 8.97. The summed E-state index contributed by atoms with van der Waals surface area (Å²) >= 11 is 0. The first kappa shape index (κ1) is 8.59. The van der Waals surface area contributed by atoms with Crippen LogP contribution in [0.4, 0.5) is 0 Å². The minimum atomic E-state index is 0.0388. The molecule has 0 spiro atoms. The predicted octanol–water partition coefficient (Wildman–Crippen LogP) is 1.23. The van der Waals surface area contributed by atoms with E-state index in [1.54, 1.807) is 6.07 Å². The third-order valence-corrected chi connectivity index (χ3v) is 1.64. The number of phenols is 2. The van der Waals surface area contributed by atoms with Crippen LogP contribution in [0.1, 0.15) is 12.0 Å². The minimum Gasteiger partial charge on any atom is -0.508 e. The molecule has 0 fully saturated rings. The zero-order valence-corrected chi connectivity index (χ0v) is 6.53. The quantitative estimate of drug-likeness (QED) is 0.664. The van der Waals surface area contributed by atoms with E-state index in [-0.39, 0.29) is 11.5 Å². The Labute approximate surface area is 70.3 Å². The molecule has 12 heavy (non-hydrogen) atoms. The summed E-state index contributed by atoms with van der Waals surface area (Å²) in [7, 11) is 0. The number of aldehydes is 1. The lowest BCUT2D eigenvalue weighted by Crippen LogP contribution is -1.87. The summed E-state index contributed by atoms with van der Waals surface area (Å²) in [6.45, 7) is 0. The first-order valence-electron chi connectivity index (χ1n) is 3.69. The second-order valence-corrected chi connectivity index (χ2v) is 2.48. The van der Waals surface area contributed by atoms with Crippen LogP contribution in [-0.4, -0.2) is 16.5 Å². The molecule has 0 unspecified atom stereocenters. The van der Waals surface area contributed by atoms with Gasteiger partial charge in [0.25, 0.3) is 0 Å². The van der Waals surface area contributed by atoms with Gasteiger partial charge in [-0.3, -0.25) is 0 Å². The maximum Gasteiger partial charge on any atom is 0.122 e. The third-order valence-electron chi connectivity index (χ3n) is 1.64. The molecule has 0 radical (unpaired) electrons. The topological polar surface area (TPSA) is 57.5 Å². The second kappa shape index (κ2) is 3.76. The smallest absolute Gasteiger partial charge is 0.122 e. The van der Waals surface area contributed by atoms with Gasteiger partial charge in [-0.05, 0) is 18.6 Å². The fourth-order valence-corrected chi connectivity index (χ4v) is 1.02. The average Bonchev–Trinajstić information content (AvgIpc) is 2.04. The van der Waals surface area contributed by atoms with Crippen LogP contribution >= 0.6 is 0 Å². The molecule has 0 saturated heterocycles. The second-order valence-electron chi connectivity index (χ2n) is 2.48. The lowest BCUT2D eigenvalue weighted by atomic mass is 10.1. The Morgan fingerprint density at radius 1 is 1.25 bits per heavy atom. The lowest BCUT2D eigenvalue weighted by Gasteiger charge is -2.03. The minimum absolute atomic E-state index is 0.0388. The summed E-state index contributed by atoms with van der Waals surface area (Å²) in [5.74, 6) is 0.0775. The van der Waals surface area contributed by atoms with E-state index in [0.717, 1.165) is 6.29 Å². The van der Waals surface area contributed by atoms with Crippen molar-refractivity contribution < 1.29 is 15.0 Å². The molecule has 0 saturated carbocycles. The first-order chi connectivity index (χ1) is 5.75. The van der Waals surface area contributed by atoms with Crippen LogP contribution in [0.15, 0.2) is 18.2 Å². The van der Waals surface area contributed by atoms with Crippen molar-refractivity contribution in [3.63, 3.8) is 0 Å². The predicted molar refractivity (Wildman–Crippen MR) is 44.2 cm³/mol. The number of hydrogen-bond donors (Lipinski definition) is 2. The Morgan fingerprint density at radius 3 is 2.33 bits per heavy atom. The van der Waals surface area contributed by atoms with Crippen molar-refractivity contribution in [3.05, 3.63) is 23.8 Å². The Hall–Kier alpha value is -1.51. The number of rotatable bonds is 3. The van der Waals surface area contributed by atoms with Crippen molar-refractivity contribution in [2.75, 3.05) is 0 Å². The summed E-state index contributed by atoms with van der Waals surface area (Å²) in [4.78, 5) is 10.0. The van der Waals surface area contributed by atoms with E-state index >= 15 is 0 Å². The van der Waals surface area contributed by atoms with Gasteiger partial charge in [0.05, 0.1) is 0 Å². The highest BCUT2D eigenvalue weighted by atomic mass is 16.3. The Kier molecular flexibility index (Phi) is 2.69. The molecule has 0 atom stereocenters. The van der Waals surface area contributed by atoms with Crippen molar-refractivity contribution in [2.24, 2.45) is 0 Å². The van der Waals surface area contributed by atoms with Gasteiger partial charge in [0, 0.05) is 12.0 Å². The zero-order valence-electron chi connectivity index (χ0n) is 6.53. The summed E-state index contributed by atoms with van der Waals surface area (Å²) in [5.41, 5.74) is 0.435. The molecule has 3 nitrogen and oxygen atoms in total. The van der Waals surface area contributed by atoms with Gasteiger partial charge in [-0.15, -0.1) is 0 Å². The lowest BCUT2D eigenvalue weighted by molar-refractivity contribution is -0.107. The molecule has 2 N–H and O–H groups in total. The average molecular weight is 166 g/mol. The fraction of sp³-hybridized carbons (Fsp3) is 0.222. The monoisotopic (exact) mass is 166 g/mol. The first-order valence-corrected chi connectivity index (χ1v) is 3.69. The Bertz CT molecular complexity index is 261. The number of phenolic OH excluding ortho intramolecular Hbond substituents is 2. The number of carbonyl (C=O) groups excluding carboxylic acids is 1. The fourth-order valence-electron chi connectivity index (χ4n) is 1.02.